The standard InChI is InChI=1S/C24H50N4O2/c1-5-9-15-21(7-3)19-27-23(29)25-17-13-11-12-14-18-26-24(30)28-20-22(8-4)16-10-6-2/h21-22H,5-20H2,1-4H3,(H2,25,27,29)(H2,26,28,30). The van der Waals surface area contributed by atoms with E-state index in [0.29, 0.717) is 24.9 Å². The number of amides is 4. The molecule has 0 saturated heterocycles. The molecule has 0 bridgehead atoms. The molecule has 0 aromatic carbocycles. The first-order valence-corrected chi connectivity index (χ1v) is 12.6. The van der Waals surface area contributed by atoms with Crippen molar-refractivity contribution in [2.45, 2.75) is 105 Å². The van der Waals surface area contributed by atoms with Crippen LogP contribution in [0.5, 0.6) is 0 Å². The molecule has 4 amide bonds. The molecule has 4 N–H and O–H groups in total. The third-order valence-electron chi connectivity index (χ3n) is 5.86. The summed E-state index contributed by atoms with van der Waals surface area (Å²) in [4.78, 5) is 23.7. The Morgan fingerprint density at radius 1 is 0.567 bits per heavy atom. The highest BCUT2D eigenvalue weighted by Gasteiger charge is 2.08. The van der Waals surface area contributed by atoms with Gasteiger partial charge in [-0.15, -0.1) is 0 Å². The number of hydrogen-bond donors (Lipinski definition) is 4. The summed E-state index contributed by atoms with van der Waals surface area (Å²) in [5, 5.41) is 11.9. The Morgan fingerprint density at radius 3 is 1.30 bits per heavy atom. The number of carbonyl (C=O) groups is 2. The molecular weight excluding hydrogens is 376 g/mol. The molecule has 0 radical (unpaired) electrons. The fourth-order valence-corrected chi connectivity index (χ4v) is 3.49. The van der Waals surface area contributed by atoms with Gasteiger partial charge in [0.2, 0.25) is 0 Å². The van der Waals surface area contributed by atoms with Gasteiger partial charge in [0.15, 0.2) is 0 Å². The minimum absolute atomic E-state index is 0.0485. The third kappa shape index (κ3) is 17.4. The lowest BCUT2D eigenvalue weighted by molar-refractivity contribution is 0.236. The average Bonchev–Trinajstić information content (AvgIpc) is 2.75. The molecule has 0 aromatic rings. The van der Waals surface area contributed by atoms with Crippen molar-refractivity contribution in [3.63, 3.8) is 0 Å². The fraction of sp³-hybridized carbons (Fsp3) is 0.917. The van der Waals surface area contributed by atoms with Gasteiger partial charge in [-0.3, -0.25) is 0 Å². The maximum atomic E-state index is 11.9. The largest absolute Gasteiger partial charge is 0.338 e. The van der Waals surface area contributed by atoms with Crippen LogP contribution in [-0.2, 0) is 0 Å². The van der Waals surface area contributed by atoms with Crippen molar-refractivity contribution in [2.75, 3.05) is 26.2 Å². The van der Waals surface area contributed by atoms with Crippen LogP contribution in [0.1, 0.15) is 105 Å². The molecule has 0 rings (SSSR count). The van der Waals surface area contributed by atoms with Crippen molar-refractivity contribution in [2.24, 2.45) is 11.8 Å². The van der Waals surface area contributed by atoms with E-state index < -0.39 is 0 Å². The molecule has 6 heteroatoms. The van der Waals surface area contributed by atoms with E-state index in [-0.39, 0.29) is 12.1 Å². The first kappa shape index (κ1) is 28.5. The molecule has 0 aliphatic carbocycles. The van der Waals surface area contributed by atoms with Gasteiger partial charge < -0.3 is 21.3 Å². The number of rotatable bonds is 19. The lowest BCUT2D eigenvalue weighted by Gasteiger charge is -2.16. The maximum Gasteiger partial charge on any atom is 0.314 e. The Labute approximate surface area is 186 Å². The van der Waals surface area contributed by atoms with E-state index in [0.717, 1.165) is 51.6 Å². The van der Waals surface area contributed by atoms with Crippen LogP contribution in [0.25, 0.3) is 0 Å². The van der Waals surface area contributed by atoms with Gasteiger partial charge in [-0.2, -0.15) is 0 Å². The van der Waals surface area contributed by atoms with E-state index >= 15 is 0 Å². The molecule has 0 saturated carbocycles. The Balaban J connectivity index is 3.56. The second-order valence-corrected chi connectivity index (χ2v) is 8.52. The summed E-state index contributed by atoms with van der Waals surface area (Å²) < 4.78 is 0. The molecular formula is C24H50N4O2. The monoisotopic (exact) mass is 426 g/mol. The van der Waals surface area contributed by atoms with Crippen LogP contribution in [0.2, 0.25) is 0 Å². The van der Waals surface area contributed by atoms with Crippen LogP contribution in [-0.4, -0.2) is 38.2 Å². The van der Waals surface area contributed by atoms with Crippen LogP contribution < -0.4 is 21.3 Å². The van der Waals surface area contributed by atoms with E-state index in [1.165, 1.54) is 38.5 Å². The zero-order chi connectivity index (χ0) is 22.5. The minimum Gasteiger partial charge on any atom is -0.338 e. The molecule has 0 fully saturated rings. The fourth-order valence-electron chi connectivity index (χ4n) is 3.49. The second-order valence-electron chi connectivity index (χ2n) is 8.52. The van der Waals surface area contributed by atoms with E-state index in [9.17, 15) is 9.59 Å². The van der Waals surface area contributed by atoms with Crippen molar-refractivity contribution in [1.82, 2.24) is 21.3 Å². The SMILES string of the molecule is CCCCC(CC)CNC(=O)NCCCCCCNC(=O)NCC(CC)CCCC. The Kier molecular flexibility index (Phi) is 19.8. The summed E-state index contributed by atoms with van der Waals surface area (Å²) >= 11 is 0. The number of unbranched alkanes of at least 4 members (excludes halogenated alkanes) is 5. The highest BCUT2D eigenvalue weighted by atomic mass is 16.2. The van der Waals surface area contributed by atoms with Crippen molar-refractivity contribution < 1.29 is 9.59 Å². The first-order chi connectivity index (χ1) is 14.6. The molecule has 30 heavy (non-hydrogen) atoms. The van der Waals surface area contributed by atoms with Crippen LogP contribution in [0, 0.1) is 11.8 Å². The summed E-state index contributed by atoms with van der Waals surface area (Å²) in [5.41, 5.74) is 0. The van der Waals surface area contributed by atoms with E-state index in [1.807, 2.05) is 0 Å². The Bertz CT molecular complexity index is 380. The van der Waals surface area contributed by atoms with Gasteiger partial charge in [0.05, 0.1) is 0 Å². The molecule has 0 heterocycles. The smallest absolute Gasteiger partial charge is 0.314 e. The van der Waals surface area contributed by atoms with Crippen LogP contribution in [0.15, 0.2) is 0 Å². The van der Waals surface area contributed by atoms with Crippen LogP contribution >= 0.6 is 0 Å². The van der Waals surface area contributed by atoms with Crippen molar-refractivity contribution in [3.8, 4) is 0 Å². The quantitative estimate of drug-likeness (QED) is 0.203. The molecule has 178 valence electrons. The summed E-state index contributed by atoms with van der Waals surface area (Å²) in [5.74, 6) is 1.18. The topological polar surface area (TPSA) is 82.3 Å². The van der Waals surface area contributed by atoms with E-state index in [4.69, 9.17) is 0 Å². The first-order valence-electron chi connectivity index (χ1n) is 12.6. The van der Waals surface area contributed by atoms with Gasteiger partial charge >= 0.3 is 12.1 Å². The third-order valence-corrected chi connectivity index (χ3v) is 5.86. The van der Waals surface area contributed by atoms with Crippen molar-refractivity contribution in [3.05, 3.63) is 0 Å². The summed E-state index contributed by atoms with van der Waals surface area (Å²) in [7, 11) is 0. The van der Waals surface area contributed by atoms with Gasteiger partial charge in [0, 0.05) is 26.2 Å². The molecule has 6 nitrogen and oxygen atoms in total. The summed E-state index contributed by atoms with van der Waals surface area (Å²) in [6.07, 6.45) is 13.6. The maximum absolute atomic E-state index is 11.9. The van der Waals surface area contributed by atoms with Gasteiger partial charge in [-0.25, -0.2) is 9.59 Å². The molecule has 0 aliphatic rings. The van der Waals surface area contributed by atoms with Crippen LogP contribution in [0.3, 0.4) is 0 Å². The zero-order valence-corrected chi connectivity index (χ0v) is 20.3. The number of urea groups is 2. The highest BCUT2D eigenvalue weighted by Crippen LogP contribution is 2.11. The Morgan fingerprint density at radius 2 is 0.967 bits per heavy atom. The number of nitrogens with one attached hydrogen (secondary N) is 4. The summed E-state index contributed by atoms with van der Waals surface area (Å²) in [6.45, 7) is 11.7. The van der Waals surface area contributed by atoms with Crippen LogP contribution in [0.4, 0.5) is 9.59 Å². The average molecular weight is 427 g/mol. The van der Waals surface area contributed by atoms with E-state index in [2.05, 4.69) is 49.0 Å². The Hall–Kier alpha value is -1.46. The van der Waals surface area contributed by atoms with Gasteiger partial charge in [-0.1, -0.05) is 79.1 Å². The van der Waals surface area contributed by atoms with Gasteiger partial charge in [0.25, 0.3) is 0 Å². The second kappa shape index (κ2) is 20.8. The normalized spacial score (nSPS) is 12.8. The molecule has 0 aromatic heterocycles. The van der Waals surface area contributed by atoms with Crippen molar-refractivity contribution >= 4 is 12.1 Å². The van der Waals surface area contributed by atoms with E-state index in [1.54, 1.807) is 0 Å². The highest BCUT2D eigenvalue weighted by molar-refractivity contribution is 5.74. The predicted molar refractivity (Wildman–Crippen MR) is 128 cm³/mol. The summed E-state index contributed by atoms with van der Waals surface area (Å²) in [6, 6.07) is -0.0970. The predicted octanol–water partition coefficient (Wildman–Crippen LogP) is 5.58. The number of hydrogen-bond acceptors (Lipinski definition) is 2. The molecule has 0 spiro atoms. The molecule has 0 aliphatic heterocycles. The van der Waals surface area contributed by atoms with Gasteiger partial charge in [-0.05, 0) is 37.5 Å². The minimum atomic E-state index is -0.0485. The molecule has 2 unspecified atom stereocenters. The zero-order valence-electron chi connectivity index (χ0n) is 20.3. The number of carbonyl (C=O) groups excluding carboxylic acids is 2. The van der Waals surface area contributed by atoms with Crippen molar-refractivity contribution in [1.29, 1.82) is 0 Å². The molecule has 2 atom stereocenters. The lowest BCUT2D eigenvalue weighted by Crippen LogP contribution is -2.38. The van der Waals surface area contributed by atoms with Gasteiger partial charge in [0.1, 0.15) is 0 Å². The lowest BCUT2D eigenvalue weighted by atomic mass is 9.99.